The van der Waals surface area contributed by atoms with E-state index in [0.717, 1.165) is 48.9 Å². The molecule has 0 saturated heterocycles. The molecular weight excluding hydrogens is 410 g/mol. The lowest BCUT2D eigenvalue weighted by molar-refractivity contribution is 0.112. The lowest BCUT2D eigenvalue weighted by Gasteiger charge is -2.11. The third-order valence-corrected chi connectivity index (χ3v) is 5.63. The maximum absolute atomic E-state index is 13.3. The van der Waals surface area contributed by atoms with Gasteiger partial charge in [-0.3, -0.25) is 14.0 Å². The van der Waals surface area contributed by atoms with E-state index in [2.05, 4.69) is 11.5 Å². The van der Waals surface area contributed by atoms with Crippen molar-refractivity contribution in [1.82, 2.24) is 14.0 Å². The third-order valence-electron chi connectivity index (χ3n) is 5.37. The Morgan fingerprint density at radius 1 is 1.06 bits per heavy atom. The highest BCUT2D eigenvalue weighted by Crippen LogP contribution is 2.21. The standard InChI is InChI=1S/C25H24ClN3O2/c1-2-3-4-12-28-15-21(14-18-6-5-7-19(13-18)17-30)24(31)29-16-23(27-25(28)29)20-8-10-22(26)11-9-20/h5-11,13,15-17H,2-4,12,14H2,1H3. The summed E-state index contributed by atoms with van der Waals surface area (Å²) in [4.78, 5) is 29.2. The van der Waals surface area contributed by atoms with Gasteiger partial charge < -0.3 is 4.57 Å². The normalized spacial score (nSPS) is 11.2. The van der Waals surface area contributed by atoms with Crippen LogP contribution < -0.4 is 5.56 Å². The topological polar surface area (TPSA) is 56.4 Å². The fourth-order valence-corrected chi connectivity index (χ4v) is 3.88. The fourth-order valence-electron chi connectivity index (χ4n) is 3.75. The molecule has 0 aliphatic heterocycles. The summed E-state index contributed by atoms with van der Waals surface area (Å²) in [6.07, 6.45) is 8.23. The molecule has 5 nitrogen and oxygen atoms in total. The average Bonchev–Trinajstić information content (AvgIpc) is 3.23. The number of hydrogen-bond acceptors (Lipinski definition) is 3. The molecule has 0 bridgehead atoms. The van der Waals surface area contributed by atoms with Crippen LogP contribution in [0.25, 0.3) is 17.0 Å². The highest BCUT2D eigenvalue weighted by atomic mass is 35.5. The molecule has 2 heterocycles. The van der Waals surface area contributed by atoms with Crippen molar-refractivity contribution in [2.45, 2.75) is 39.2 Å². The molecule has 0 atom stereocenters. The molecule has 31 heavy (non-hydrogen) atoms. The zero-order valence-corrected chi connectivity index (χ0v) is 18.2. The van der Waals surface area contributed by atoms with Crippen molar-refractivity contribution in [2.24, 2.45) is 0 Å². The Labute approximate surface area is 185 Å². The molecule has 0 saturated carbocycles. The highest BCUT2D eigenvalue weighted by Gasteiger charge is 2.14. The number of fused-ring (bicyclic) bond motifs is 1. The monoisotopic (exact) mass is 433 g/mol. The van der Waals surface area contributed by atoms with Gasteiger partial charge in [0.1, 0.15) is 6.29 Å². The second-order valence-corrected chi connectivity index (χ2v) is 8.14. The Balaban J connectivity index is 1.80. The van der Waals surface area contributed by atoms with Crippen molar-refractivity contribution in [3.05, 3.63) is 93.0 Å². The van der Waals surface area contributed by atoms with Gasteiger partial charge in [-0.15, -0.1) is 0 Å². The number of halogens is 1. The van der Waals surface area contributed by atoms with E-state index in [4.69, 9.17) is 16.6 Å². The predicted molar refractivity (Wildman–Crippen MR) is 124 cm³/mol. The molecule has 6 heteroatoms. The second kappa shape index (κ2) is 9.31. The van der Waals surface area contributed by atoms with E-state index < -0.39 is 0 Å². The summed E-state index contributed by atoms with van der Waals surface area (Å²) in [6.45, 7) is 2.96. The first kappa shape index (κ1) is 21.1. The first-order valence-electron chi connectivity index (χ1n) is 10.5. The molecule has 0 radical (unpaired) electrons. The number of rotatable bonds is 8. The van der Waals surface area contributed by atoms with Crippen LogP contribution in [0.3, 0.4) is 0 Å². The van der Waals surface area contributed by atoms with Crippen molar-refractivity contribution < 1.29 is 4.79 Å². The molecule has 4 aromatic rings. The lowest BCUT2D eigenvalue weighted by atomic mass is 10.1. The van der Waals surface area contributed by atoms with Crippen molar-refractivity contribution in [3.8, 4) is 11.3 Å². The van der Waals surface area contributed by atoms with Crippen LogP contribution >= 0.6 is 11.6 Å². The van der Waals surface area contributed by atoms with Gasteiger partial charge in [0.05, 0.1) is 5.69 Å². The van der Waals surface area contributed by atoms with Crippen LogP contribution in [-0.4, -0.2) is 20.2 Å². The smallest absolute Gasteiger partial charge is 0.262 e. The van der Waals surface area contributed by atoms with E-state index in [-0.39, 0.29) is 5.56 Å². The van der Waals surface area contributed by atoms with Gasteiger partial charge in [0.15, 0.2) is 0 Å². The van der Waals surface area contributed by atoms with E-state index in [1.807, 2.05) is 48.7 Å². The second-order valence-electron chi connectivity index (χ2n) is 7.70. The first-order chi connectivity index (χ1) is 15.1. The van der Waals surface area contributed by atoms with Crippen LogP contribution in [0.2, 0.25) is 5.02 Å². The largest absolute Gasteiger partial charge is 0.318 e. The molecule has 0 spiro atoms. The Morgan fingerprint density at radius 3 is 2.61 bits per heavy atom. The number of carbonyl (C=O) groups excluding carboxylic acids is 1. The molecule has 0 unspecified atom stereocenters. The minimum absolute atomic E-state index is 0.0917. The molecular formula is C25H24ClN3O2. The molecule has 2 aromatic heterocycles. The van der Waals surface area contributed by atoms with E-state index >= 15 is 0 Å². The van der Waals surface area contributed by atoms with Gasteiger partial charge in [-0.2, -0.15) is 0 Å². The third kappa shape index (κ3) is 4.62. The Hall–Kier alpha value is -3.18. The maximum atomic E-state index is 13.3. The molecule has 4 rings (SSSR count). The minimum atomic E-state index is -0.0917. The molecule has 2 aromatic carbocycles. The number of nitrogens with zero attached hydrogens (tertiary/aromatic N) is 3. The zero-order valence-electron chi connectivity index (χ0n) is 17.4. The molecule has 0 fully saturated rings. The molecule has 0 aliphatic rings. The summed E-state index contributed by atoms with van der Waals surface area (Å²) in [5, 5.41) is 0.659. The van der Waals surface area contributed by atoms with Crippen LogP contribution in [0.4, 0.5) is 0 Å². The van der Waals surface area contributed by atoms with Gasteiger partial charge >= 0.3 is 0 Å². The number of aromatic nitrogens is 3. The summed E-state index contributed by atoms with van der Waals surface area (Å²) < 4.78 is 3.70. The Morgan fingerprint density at radius 2 is 1.87 bits per heavy atom. The van der Waals surface area contributed by atoms with E-state index in [0.29, 0.717) is 28.3 Å². The lowest BCUT2D eigenvalue weighted by Crippen LogP contribution is -2.22. The number of unbranched alkanes of at least 4 members (excludes halogenated alkanes) is 2. The van der Waals surface area contributed by atoms with E-state index in [1.165, 1.54) is 0 Å². The van der Waals surface area contributed by atoms with Gasteiger partial charge in [0, 0.05) is 47.1 Å². The van der Waals surface area contributed by atoms with Crippen LogP contribution in [0.1, 0.15) is 47.7 Å². The van der Waals surface area contributed by atoms with Crippen LogP contribution in [0, 0.1) is 0 Å². The summed E-state index contributed by atoms with van der Waals surface area (Å²) in [6, 6.07) is 14.8. The Bertz CT molecular complexity index is 1270. The quantitative estimate of drug-likeness (QED) is 0.276. The summed E-state index contributed by atoms with van der Waals surface area (Å²) in [7, 11) is 0. The van der Waals surface area contributed by atoms with E-state index in [9.17, 15) is 9.59 Å². The number of aryl methyl sites for hydroxylation is 1. The molecule has 0 aliphatic carbocycles. The molecule has 158 valence electrons. The van der Waals surface area contributed by atoms with Crippen molar-refractivity contribution in [2.75, 3.05) is 0 Å². The van der Waals surface area contributed by atoms with Crippen molar-refractivity contribution >= 4 is 23.7 Å². The maximum Gasteiger partial charge on any atom is 0.262 e. The first-order valence-corrected chi connectivity index (χ1v) is 10.9. The summed E-state index contributed by atoms with van der Waals surface area (Å²) in [5.41, 5.74) is 3.76. The summed E-state index contributed by atoms with van der Waals surface area (Å²) >= 11 is 6.02. The fraction of sp³-hybridized carbons (Fsp3) is 0.240. The number of carbonyl (C=O) groups is 1. The number of hydrogen-bond donors (Lipinski definition) is 0. The van der Waals surface area contributed by atoms with Crippen molar-refractivity contribution in [1.29, 1.82) is 0 Å². The number of aldehydes is 1. The zero-order chi connectivity index (χ0) is 21.8. The SMILES string of the molecule is CCCCCn1cc(Cc2cccc(C=O)c2)c(=O)n2cc(-c3ccc(Cl)cc3)nc12. The molecule has 0 N–H and O–H groups in total. The Kier molecular flexibility index (Phi) is 6.33. The van der Waals surface area contributed by atoms with Crippen LogP contribution in [0.5, 0.6) is 0 Å². The van der Waals surface area contributed by atoms with Crippen LogP contribution in [0.15, 0.2) is 65.7 Å². The number of benzene rings is 2. The van der Waals surface area contributed by atoms with Crippen LogP contribution in [-0.2, 0) is 13.0 Å². The minimum Gasteiger partial charge on any atom is -0.318 e. The van der Waals surface area contributed by atoms with Gasteiger partial charge in [-0.1, -0.05) is 61.7 Å². The number of imidazole rings is 1. The highest BCUT2D eigenvalue weighted by molar-refractivity contribution is 6.30. The predicted octanol–water partition coefficient (Wildman–Crippen LogP) is 5.41. The van der Waals surface area contributed by atoms with Gasteiger partial charge in [-0.05, 0) is 30.2 Å². The van der Waals surface area contributed by atoms with Gasteiger partial charge in [0.2, 0.25) is 5.78 Å². The van der Waals surface area contributed by atoms with Gasteiger partial charge in [0.25, 0.3) is 5.56 Å². The van der Waals surface area contributed by atoms with E-state index in [1.54, 1.807) is 16.7 Å². The average molecular weight is 434 g/mol. The summed E-state index contributed by atoms with van der Waals surface area (Å²) in [5.74, 6) is 0.636. The van der Waals surface area contributed by atoms with Crippen molar-refractivity contribution in [3.63, 3.8) is 0 Å². The molecule has 0 amide bonds. The van der Waals surface area contributed by atoms with Gasteiger partial charge in [-0.25, -0.2) is 4.98 Å².